The zero-order chi connectivity index (χ0) is 18.2. The third-order valence-corrected chi connectivity index (χ3v) is 6.40. The molecule has 0 bridgehead atoms. The van der Waals surface area contributed by atoms with E-state index in [4.69, 9.17) is 14.9 Å². The molecule has 0 amide bonds. The summed E-state index contributed by atoms with van der Waals surface area (Å²) in [6.07, 6.45) is 1.30. The predicted octanol–water partition coefficient (Wildman–Crippen LogP) is 2.45. The third-order valence-electron chi connectivity index (χ3n) is 4.50. The van der Waals surface area contributed by atoms with Crippen molar-refractivity contribution in [3.05, 3.63) is 29.5 Å². The molecular formula is C17H23ClN2O5S. The van der Waals surface area contributed by atoms with Crippen LogP contribution in [0.2, 0.25) is 0 Å². The highest BCUT2D eigenvalue weighted by Crippen LogP contribution is 2.30. The molecule has 144 valence electrons. The van der Waals surface area contributed by atoms with E-state index in [-0.39, 0.29) is 35.7 Å². The molecule has 3 rings (SSSR count). The highest BCUT2D eigenvalue weighted by atomic mass is 35.5. The summed E-state index contributed by atoms with van der Waals surface area (Å²) >= 11 is 0. The van der Waals surface area contributed by atoms with Crippen molar-refractivity contribution in [3.8, 4) is 0 Å². The molecule has 1 aliphatic heterocycles. The molecule has 0 radical (unpaired) electrons. The maximum atomic E-state index is 12.9. The van der Waals surface area contributed by atoms with Gasteiger partial charge in [0.05, 0.1) is 11.5 Å². The summed E-state index contributed by atoms with van der Waals surface area (Å²) in [6, 6.07) is 4.69. The smallest absolute Gasteiger partial charge is 0.374 e. The number of esters is 1. The molecule has 26 heavy (non-hydrogen) atoms. The van der Waals surface area contributed by atoms with E-state index in [1.807, 2.05) is 0 Å². The van der Waals surface area contributed by atoms with Crippen LogP contribution in [0.15, 0.2) is 27.5 Å². The van der Waals surface area contributed by atoms with Crippen LogP contribution < -0.4 is 5.73 Å². The molecule has 7 nitrogen and oxygen atoms in total. The fraction of sp³-hybridized carbons (Fsp3) is 0.471. The van der Waals surface area contributed by atoms with Crippen molar-refractivity contribution in [1.82, 2.24) is 4.31 Å². The number of hydrogen-bond acceptors (Lipinski definition) is 6. The molecule has 0 saturated carbocycles. The molecule has 2 N–H and O–H groups in total. The van der Waals surface area contributed by atoms with Gasteiger partial charge in [0.1, 0.15) is 5.58 Å². The average molecular weight is 403 g/mol. The maximum Gasteiger partial charge on any atom is 0.374 e. The van der Waals surface area contributed by atoms with Crippen LogP contribution in [-0.4, -0.2) is 44.4 Å². The third kappa shape index (κ3) is 3.73. The van der Waals surface area contributed by atoms with Gasteiger partial charge in [-0.1, -0.05) is 0 Å². The molecular weight excluding hydrogens is 380 g/mol. The van der Waals surface area contributed by atoms with Gasteiger partial charge in [-0.3, -0.25) is 0 Å². The molecule has 0 atom stereocenters. The van der Waals surface area contributed by atoms with E-state index in [2.05, 4.69) is 0 Å². The van der Waals surface area contributed by atoms with Crippen LogP contribution in [0.4, 0.5) is 0 Å². The van der Waals surface area contributed by atoms with Gasteiger partial charge in [0.2, 0.25) is 15.8 Å². The first kappa shape index (κ1) is 20.7. The second-order valence-corrected chi connectivity index (χ2v) is 8.11. The van der Waals surface area contributed by atoms with Gasteiger partial charge in [0, 0.05) is 30.1 Å². The molecule has 1 aliphatic rings. The number of nitrogens with two attached hydrogens (primary N) is 1. The van der Waals surface area contributed by atoms with Gasteiger partial charge in [-0.15, -0.1) is 12.4 Å². The van der Waals surface area contributed by atoms with Crippen molar-refractivity contribution in [2.45, 2.75) is 37.6 Å². The fourth-order valence-corrected chi connectivity index (χ4v) is 4.51. The quantitative estimate of drug-likeness (QED) is 0.788. The average Bonchev–Trinajstić information content (AvgIpc) is 2.92. The molecule has 1 saturated heterocycles. The normalized spacial score (nSPS) is 16.4. The molecule has 1 aromatic heterocycles. The van der Waals surface area contributed by atoms with Gasteiger partial charge >= 0.3 is 5.97 Å². The number of furan rings is 1. The molecule has 9 heteroatoms. The Kier molecular flexibility index (Phi) is 6.33. The van der Waals surface area contributed by atoms with Gasteiger partial charge in [0.25, 0.3) is 0 Å². The summed E-state index contributed by atoms with van der Waals surface area (Å²) < 4.78 is 37.7. The molecule has 2 aromatic rings. The number of rotatable bonds is 4. The van der Waals surface area contributed by atoms with Crippen LogP contribution in [0, 0.1) is 6.92 Å². The van der Waals surface area contributed by atoms with Gasteiger partial charge in [-0.2, -0.15) is 4.31 Å². The number of carbonyl (C=O) groups excluding carboxylic acids is 1. The first-order valence-electron chi connectivity index (χ1n) is 8.30. The van der Waals surface area contributed by atoms with E-state index in [0.717, 1.165) is 0 Å². The summed E-state index contributed by atoms with van der Waals surface area (Å²) in [5.74, 6) is -0.444. The van der Waals surface area contributed by atoms with Crippen LogP contribution in [-0.2, 0) is 14.8 Å². The number of carbonyl (C=O) groups is 1. The minimum absolute atomic E-state index is 0. The van der Waals surface area contributed by atoms with Gasteiger partial charge in [-0.25, -0.2) is 13.2 Å². The zero-order valence-corrected chi connectivity index (χ0v) is 16.4. The van der Waals surface area contributed by atoms with Crippen LogP contribution in [0.25, 0.3) is 11.0 Å². The molecule has 0 aliphatic carbocycles. The molecule has 2 heterocycles. The lowest BCUT2D eigenvalue weighted by Gasteiger charge is -2.29. The number of nitrogens with zero attached hydrogens (tertiary/aromatic N) is 1. The summed E-state index contributed by atoms with van der Waals surface area (Å²) in [7, 11) is -3.59. The summed E-state index contributed by atoms with van der Waals surface area (Å²) in [5, 5.41) is 0.595. The lowest BCUT2D eigenvalue weighted by Crippen LogP contribution is -2.42. The van der Waals surface area contributed by atoms with Crippen LogP contribution in [0.5, 0.6) is 0 Å². The number of hydrogen-bond donors (Lipinski definition) is 1. The standard InChI is InChI=1S/C17H22N2O5S.ClH/c1-3-23-17(20)16-11(2)14-10-13(4-5-15(14)24-16)25(21,22)19-8-6-12(18)7-9-19;/h4-5,10,12H,3,6-9,18H2,1-2H3;1H. The highest BCUT2D eigenvalue weighted by Gasteiger charge is 2.29. The first-order chi connectivity index (χ1) is 11.8. The predicted molar refractivity (Wildman–Crippen MR) is 100 cm³/mol. The highest BCUT2D eigenvalue weighted by molar-refractivity contribution is 7.89. The summed E-state index contributed by atoms with van der Waals surface area (Å²) in [5.41, 5.74) is 6.88. The first-order valence-corrected chi connectivity index (χ1v) is 9.74. The van der Waals surface area contributed by atoms with Crippen molar-refractivity contribution in [2.75, 3.05) is 19.7 Å². The van der Waals surface area contributed by atoms with Crippen LogP contribution >= 0.6 is 12.4 Å². The van der Waals surface area contributed by atoms with Crippen LogP contribution in [0.1, 0.15) is 35.9 Å². The van der Waals surface area contributed by atoms with E-state index in [0.29, 0.717) is 42.5 Å². The summed E-state index contributed by atoms with van der Waals surface area (Å²) in [6.45, 7) is 4.51. The van der Waals surface area contributed by atoms with Crippen molar-refractivity contribution in [3.63, 3.8) is 0 Å². The maximum absolute atomic E-state index is 12.9. The van der Waals surface area contributed by atoms with Crippen LogP contribution in [0.3, 0.4) is 0 Å². The van der Waals surface area contributed by atoms with Gasteiger partial charge in [-0.05, 0) is 44.9 Å². The molecule has 0 unspecified atom stereocenters. The number of ether oxygens (including phenoxy) is 1. The topological polar surface area (TPSA) is 103 Å². The number of piperidine rings is 1. The molecule has 0 spiro atoms. The number of benzene rings is 1. The summed E-state index contributed by atoms with van der Waals surface area (Å²) in [4.78, 5) is 12.1. The fourth-order valence-electron chi connectivity index (χ4n) is 3.02. The number of aryl methyl sites for hydroxylation is 1. The lowest BCUT2D eigenvalue weighted by atomic mass is 10.1. The van der Waals surface area contributed by atoms with E-state index in [9.17, 15) is 13.2 Å². The van der Waals surface area contributed by atoms with Crippen molar-refractivity contribution in [1.29, 1.82) is 0 Å². The van der Waals surface area contributed by atoms with Gasteiger partial charge < -0.3 is 14.9 Å². The van der Waals surface area contributed by atoms with Gasteiger partial charge in [0.15, 0.2) is 0 Å². The van der Waals surface area contributed by atoms with Crippen molar-refractivity contribution >= 4 is 39.4 Å². The Bertz CT molecular complexity index is 901. The second-order valence-electron chi connectivity index (χ2n) is 6.18. The van der Waals surface area contributed by atoms with E-state index >= 15 is 0 Å². The SMILES string of the molecule is CCOC(=O)c1oc2ccc(S(=O)(=O)N3CCC(N)CC3)cc2c1C.Cl. The monoisotopic (exact) mass is 402 g/mol. The molecule has 1 aromatic carbocycles. The largest absolute Gasteiger partial charge is 0.460 e. The lowest BCUT2D eigenvalue weighted by molar-refractivity contribution is 0.0491. The Hall–Kier alpha value is -1.61. The van der Waals surface area contributed by atoms with E-state index in [1.165, 1.54) is 10.4 Å². The molecule has 1 fully saturated rings. The number of fused-ring (bicyclic) bond motifs is 1. The van der Waals surface area contributed by atoms with E-state index < -0.39 is 16.0 Å². The van der Waals surface area contributed by atoms with Crippen molar-refractivity contribution < 1.29 is 22.4 Å². The Balaban J connectivity index is 0.00000243. The second kappa shape index (κ2) is 7.96. The van der Waals surface area contributed by atoms with E-state index in [1.54, 1.807) is 26.0 Å². The number of halogens is 1. The zero-order valence-electron chi connectivity index (χ0n) is 14.7. The Morgan fingerprint density at radius 2 is 2.00 bits per heavy atom. The Morgan fingerprint density at radius 3 is 2.62 bits per heavy atom. The number of sulfonamides is 1. The Morgan fingerprint density at radius 1 is 1.35 bits per heavy atom. The van der Waals surface area contributed by atoms with Crippen molar-refractivity contribution in [2.24, 2.45) is 5.73 Å². The minimum atomic E-state index is -3.59. The Labute approximate surface area is 158 Å². The minimum Gasteiger partial charge on any atom is -0.460 e.